The highest BCUT2D eigenvalue weighted by atomic mass is 16.5. The maximum Gasteiger partial charge on any atom is 0.329 e. The number of likely N-dealkylation sites (tertiary alicyclic amines) is 1. The lowest BCUT2D eigenvalue weighted by Crippen LogP contribution is -2.63. The second-order valence-corrected chi connectivity index (χ2v) is 4.84. The van der Waals surface area contributed by atoms with E-state index in [2.05, 4.69) is 6.92 Å². The highest BCUT2D eigenvalue weighted by Crippen LogP contribution is 2.25. The fourth-order valence-corrected chi connectivity index (χ4v) is 1.95. The molecular formula is C12H21NO4. The van der Waals surface area contributed by atoms with Gasteiger partial charge in [-0.25, -0.2) is 4.79 Å². The molecule has 1 rings (SSSR count). The molecule has 1 heterocycles. The summed E-state index contributed by atoms with van der Waals surface area (Å²) in [5.41, 5.74) is -0.473. The second kappa shape index (κ2) is 6.00. The SMILES string of the molecule is CCCCCC(=O)N1CC(C)(OCC(=O)O)C1. The van der Waals surface area contributed by atoms with Crippen LogP contribution < -0.4 is 0 Å². The number of carbonyl (C=O) groups is 2. The molecule has 0 aliphatic carbocycles. The summed E-state index contributed by atoms with van der Waals surface area (Å²) >= 11 is 0. The summed E-state index contributed by atoms with van der Waals surface area (Å²) in [5, 5.41) is 8.51. The zero-order valence-electron chi connectivity index (χ0n) is 10.6. The molecule has 5 heteroatoms. The lowest BCUT2D eigenvalue weighted by molar-refractivity contribution is -0.173. The standard InChI is InChI=1S/C12H21NO4/c1-3-4-5-6-10(14)13-8-12(2,9-13)17-7-11(15)16/h3-9H2,1-2H3,(H,15,16). The van der Waals surface area contributed by atoms with E-state index in [0.29, 0.717) is 19.5 Å². The Morgan fingerprint density at radius 3 is 2.53 bits per heavy atom. The van der Waals surface area contributed by atoms with Crippen molar-refractivity contribution in [3.63, 3.8) is 0 Å². The Labute approximate surface area is 102 Å². The molecule has 98 valence electrons. The summed E-state index contributed by atoms with van der Waals surface area (Å²) in [6.07, 6.45) is 3.69. The van der Waals surface area contributed by atoms with E-state index in [1.165, 1.54) is 0 Å². The molecule has 0 spiro atoms. The van der Waals surface area contributed by atoms with Gasteiger partial charge < -0.3 is 14.7 Å². The van der Waals surface area contributed by atoms with Crippen LogP contribution in [-0.4, -0.2) is 47.2 Å². The summed E-state index contributed by atoms with van der Waals surface area (Å²) in [6, 6.07) is 0. The Kier molecular flexibility index (Phi) is 4.93. The maximum atomic E-state index is 11.7. The largest absolute Gasteiger partial charge is 0.480 e. The summed E-state index contributed by atoms with van der Waals surface area (Å²) < 4.78 is 5.24. The van der Waals surface area contributed by atoms with Crippen LogP contribution in [0.4, 0.5) is 0 Å². The molecule has 0 saturated carbocycles. The van der Waals surface area contributed by atoms with Crippen LogP contribution in [0.3, 0.4) is 0 Å². The van der Waals surface area contributed by atoms with Gasteiger partial charge in [0.05, 0.1) is 13.1 Å². The molecule has 17 heavy (non-hydrogen) atoms. The van der Waals surface area contributed by atoms with Gasteiger partial charge in [0.1, 0.15) is 12.2 Å². The van der Waals surface area contributed by atoms with Crippen molar-refractivity contribution in [3.8, 4) is 0 Å². The third-order valence-electron chi connectivity index (χ3n) is 2.94. The number of unbranched alkanes of at least 4 members (excludes halogenated alkanes) is 2. The third-order valence-corrected chi connectivity index (χ3v) is 2.94. The van der Waals surface area contributed by atoms with E-state index < -0.39 is 11.6 Å². The number of hydrogen-bond acceptors (Lipinski definition) is 3. The summed E-state index contributed by atoms with van der Waals surface area (Å²) in [7, 11) is 0. The van der Waals surface area contributed by atoms with E-state index in [-0.39, 0.29) is 12.5 Å². The van der Waals surface area contributed by atoms with Crippen LogP contribution in [0.15, 0.2) is 0 Å². The molecule has 1 saturated heterocycles. The maximum absolute atomic E-state index is 11.7. The predicted octanol–water partition coefficient (Wildman–Crippen LogP) is 1.27. The van der Waals surface area contributed by atoms with Crippen molar-refractivity contribution in [2.75, 3.05) is 19.7 Å². The molecule has 5 nitrogen and oxygen atoms in total. The van der Waals surface area contributed by atoms with Crippen LogP contribution in [0.5, 0.6) is 0 Å². The van der Waals surface area contributed by atoms with Gasteiger partial charge in [0.15, 0.2) is 0 Å². The van der Waals surface area contributed by atoms with Crippen molar-refractivity contribution < 1.29 is 19.4 Å². The molecule has 0 aromatic rings. The normalized spacial score (nSPS) is 17.6. The average molecular weight is 243 g/mol. The van der Waals surface area contributed by atoms with Crippen molar-refractivity contribution in [1.82, 2.24) is 4.90 Å². The van der Waals surface area contributed by atoms with Gasteiger partial charge >= 0.3 is 5.97 Å². The second-order valence-electron chi connectivity index (χ2n) is 4.84. The van der Waals surface area contributed by atoms with E-state index in [1.54, 1.807) is 4.90 Å². The Balaban J connectivity index is 2.20. The van der Waals surface area contributed by atoms with E-state index in [1.807, 2.05) is 6.92 Å². The van der Waals surface area contributed by atoms with Gasteiger partial charge in [0.25, 0.3) is 0 Å². The topological polar surface area (TPSA) is 66.8 Å². The number of amides is 1. The Morgan fingerprint density at radius 2 is 2.00 bits per heavy atom. The van der Waals surface area contributed by atoms with Crippen LogP contribution in [0, 0.1) is 0 Å². The number of carboxylic acids is 1. The summed E-state index contributed by atoms with van der Waals surface area (Å²) in [5.74, 6) is -0.825. The number of rotatable bonds is 7. The van der Waals surface area contributed by atoms with E-state index in [4.69, 9.17) is 9.84 Å². The molecule has 0 aromatic heterocycles. The molecule has 0 bridgehead atoms. The number of hydrogen-bond donors (Lipinski definition) is 1. The van der Waals surface area contributed by atoms with Crippen molar-refractivity contribution in [1.29, 1.82) is 0 Å². The van der Waals surface area contributed by atoms with Crippen molar-refractivity contribution in [2.24, 2.45) is 0 Å². The van der Waals surface area contributed by atoms with Crippen LogP contribution in [0.25, 0.3) is 0 Å². The molecule has 0 aromatic carbocycles. The van der Waals surface area contributed by atoms with E-state index in [0.717, 1.165) is 19.3 Å². The lowest BCUT2D eigenvalue weighted by Gasteiger charge is -2.47. The number of aliphatic carboxylic acids is 1. The van der Waals surface area contributed by atoms with Crippen LogP contribution >= 0.6 is 0 Å². The van der Waals surface area contributed by atoms with Crippen molar-refractivity contribution in [3.05, 3.63) is 0 Å². The lowest BCUT2D eigenvalue weighted by atomic mass is 9.95. The molecule has 1 amide bonds. The van der Waals surface area contributed by atoms with Gasteiger partial charge in [-0.15, -0.1) is 0 Å². The van der Waals surface area contributed by atoms with Crippen molar-refractivity contribution in [2.45, 2.75) is 45.1 Å². The minimum absolute atomic E-state index is 0.148. The molecule has 1 aliphatic heterocycles. The Hall–Kier alpha value is -1.10. The molecular weight excluding hydrogens is 222 g/mol. The first-order chi connectivity index (χ1) is 7.97. The van der Waals surface area contributed by atoms with Gasteiger partial charge in [-0.1, -0.05) is 19.8 Å². The number of carboxylic acid groups (broad SMARTS) is 1. The molecule has 0 atom stereocenters. The van der Waals surface area contributed by atoms with Gasteiger partial charge in [0, 0.05) is 6.42 Å². The minimum Gasteiger partial charge on any atom is -0.480 e. The van der Waals surface area contributed by atoms with Crippen LogP contribution in [0.1, 0.15) is 39.5 Å². The Morgan fingerprint density at radius 1 is 1.35 bits per heavy atom. The fraction of sp³-hybridized carbons (Fsp3) is 0.833. The van der Waals surface area contributed by atoms with Crippen LogP contribution in [0.2, 0.25) is 0 Å². The molecule has 1 N–H and O–H groups in total. The number of nitrogens with zero attached hydrogens (tertiary/aromatic N) is 1. The monoisotopic (exact) mass is 243 g/mol. The number of ether oxygens (including phenoxy) is 1. The van der Waals surface area contributed by atoms with Gasteiger partial charge in [-0.3, -0.25) is 4.79 Å². The van der Waals surface area contributed by atoms with E-state index in [9.17, 15) is 9.59 Å². The zero-order valence-corrected chi connectivity index (χ0v) is 10.6. The highest BCUT2D eigenvalue weighted by molar-refractivity contribution is 5.77. The van der Waals surface area contributed by atoms with Crippen LogP contribution in [-0.2, 0) is 14.3 Å². The summed E-state index contributed by atoms with van der Waals surface area (Å²) in [6.45, 7) is 4.65. The predicted molar refractivity (Wildman–Crippen MR) is 62.7 cm³/mol. The smallest absolute Gasteiger partial charge is 0.329 e. The quantitative estimate of drug-likeness (QED) is 0.684. The first-order valence-electron chi connectivity index (χ1n) is 6.10. The van der Waals surface area contributed by atoms with Gasteiger partial charge in [0.2, 0.25) is 5.91 Å². The highest BCUT2D eigenvalue weighted by Gasteiger charge is 2.42. The molecule has 1 fully saturated rings. The number of carbonyl (C=O) groups excluding carboxylic acids is 1. The molecule has 0 unspecified atom stereocenters. The minimum atomic E-state index is -0.973. The van der Waals surface area contributed by atoms with E-state index >= 15 is 0 Å². The average Bonchev–Trinajstić information content (AvgIpc) is 2.22. The summed E-state index contributed by atoms with van der Waals surface area (Å²) in [4.78, 5) is 23.8. The first-order valence-corrected chi connectivity index (χ1v) is 6.10. The molecule has 1 aliphatic rings. The zero-order chi connectivity index (χ0) is 12.9. The van der Waals surface area contributed by atoms with Gasteiger partial charge in [-0.2, -0.15) is 0 Å². The van der Waals surface area contributed by atoms with Gasteiger partial charge in [-0.05, 0) is 13.3 Å². The third kappa shape index (κ3) is 4.34. The Bertz CT molecular complexity index is 284. The molecule has 0 radical (unpaired) electrons. The van der Waals surface area contributed by atoms with Crippen molar-refractivity contribution >= 4 is 11.9 Å². The fourth-order valence-electron chi connectivity index (χ4n) is 1.95. The first kappa shape index (κ1) is 14.0.